The predicted molar refractivity (Wildman–Crippen MR) is 66.8 cm³/mol. The molecule has 1 aromatic rings. The van der Waals surface area contributed by atoms with E-state index in [0.29, 0.717) is 6.61 Å². The molecule has 1 unspecified atom stereocenters. The molecule has 1 atom stereocenters. The van der Waals surface area contributed by atoms with Crippen LogP contribution in [0.5, 0.6) is 0 Å². The van der Waals surface area contributed by atoms with Crippen LogP contribution in [0.3, 0.4) is 0 Å². The summed E-state index contributed by atoms with van der Waals surface area (Å²) in [5.74, 6) is -0.389. The number of thiocarbonyl (C=S) groups is 1. The van der Waals surface area contributed by atoms with Gasteiger partial charge in [0.2, 0.25) is 0 Å². The Bertz CT molecular complexity index is 381. The van der Waals surface area contributed by atoms with Gasteiger partial charge < -0.3 is 10.5 Å². The summed E-state index contributed by atoms with van der Waals surface area (Å²) in [7, 11) is 0. The van der Waals surface area contributed by atoms with Crippen LogP contribution in [0, 0.1) is 5.82 Å². The fourth-order valence-corrected chi connectivity index (χ4v) is 1.36. The van der Waals surface area contributed by atoms with E-state index in [1.165, 1.54) is 6.07 Å². The molecule has 0 fully saturated rings. The molecule has 1 aromatic carbocycles. The molecule has 0 aromatic heterocycles. The molecule has 0 aliphatic rings. The molecule has 1 rings (SSSR count). The molecule has 4 heteroatoms. The Morgan fingerprint density at radius 3 is 2.81 bits per heavy atom. The van der Waals surface area contributed by atoms with Crippen LogP contribution in [-0.2, 0) is 11.3 Å². The summed E-state index contributed by atoms with van der Waals surface area (Å²) >= 11 is 4.76. The quantitative estimate of drug-likeness (QED) is 0.805. The third-order valence-corrected chi connectivity index (χ3v) is 2.63. The van der Waals surface area contributed by atoms with E-state index in [0.717, 1.165) is 12.0 Å². The maximum absolute atomic E-state index is 13.3. The summed E-state index contributed by atoms with van der Waals surface area (Å²) in [6.07, 6.45) is 1.14. The van der Waals surface area contributed by atoms with Gasteiger partial charge in [0.05, 0.1) is 12.7 Å². The SMILES string of the molecule is CCC(C)OCc1ccc(F)c(C(N)=S)c1. The largest absolute Gasteiger partial charge is 0.389 e. The maximum atomic E-state index is 13.3. The van der Waals surface area contributed by atoms with Gasteiger partial charge in [-0.05, 0) is 31.0 Å². The summed E-state index contributed by atoms with van der Waals surface area (Å²) in [5.41, 5.74) is 6.57. The molecule has 0 saturated carbocycles. The van der Waals surface area contributed by atoms with Gasteiger partial charge in [0.15, 0.2) is 0 Å². The highest BCUT2D eigenvalue weighted by molar-refractivity contribution is 7.80. The van der Waals surface area contributed by atoms with E-state index in [-0.39, 0.29) is 22.5 Å². The van der Waals surface area contributed by atoms with E-state index in [4.69, 9.17) is 22.7 Å². The molecule has 0 spiro atoms. The van der Waals surface area contributed by atoms with E-state index < -0.39 is 0 Å². The number of ether oxygens (including phenoxy) is 1. The molecule has 88 valence electrons. The van der Waals surface area contributed by atoms with Crippen molar-refractivity contribution in [2.75, 3.05) is 0 Å². The summed E-state index contributed by atoms with van der Waals surface area (Å²) in [6, 6.07) is 4.68. The number of rotatable bonds is 5. The molecule has 0 radical (unpaired) electrons. The van der Waals surface area contributed by atoms with Crippen molar-refractivity contribution in [1.29, 1.82) is 0 Å². The van der Waals surface area contributed by atoms with Gasteiger partial charge in [-0.3, -0.25) is 0 Å². The second-order valence-corrected chi connectivity index (χ2v) is 4.15. The molecule has 16 heavy (non-hydrogen) atoms. The van der Waals surface area contributed by atoms with Gasteiger partial charge in [-0.1, -0.05) is 25.2 Å². The molecule has 0 heterocycles. The van der Waals surface area contributed by atoms with Crippen LogP contribution < -0.4 is 5.73 Å². The lowest BCUT2D eigenvalue weighted by Gasteiger charge is -2.11. The van der Waals surface area contributed by atoms with E-state index in [2.05, 4.69) is 6.92 Å². The van der Waals surface area contributed by atoms with Crippen molar-refractivity contribution < 1.29 is 9.13 Å². The van der Waals surface area contributed by atoms with Crippen LogP contribution >= 0.6 is 12.2 Å². The van der Waals surface area contributed by atoms with Crippen molar-refractivity contribution in [3.8, 4) is 0 Å². The van der Waals surface area contributed by atoms with E-state index in [1.54, 1.807) is 12.1 Å². The van der Waals surface area contributed by atoms with Gasteiger partial charge >= 0.3 is 0 Å². The van der Waals surface area contributed by atoms with Crippen molar-refractivity contribution in [1.82, 2.24) is 0 Å². The lowest BCUT2D eigenvalue weighted by Crippen LogP contribution is -2.13. The second kappa shape index (κ2) is 5.92. The third-order valence-electron chi connectivity index (χ3n) is 2.41. The zero-order valence-corrected chi connectivity index (χ0v) is 10.3. The molecule has 0 aliphatic carbocycles. The average Bonchev–Trinajstić information content (AvgIpc) is 2.27. The summed E-state index contributed by atoms with van der Waals surface area (Å²) in [5, 5.41) is 0. The normalized spacial score (nSPS) is 12.4. The monoisotopic (exact) mass is 241 g/mol. The minimum atomic E-state index is -0.389. The first-order valence-electron chi connectivity index (χ1n) is 5.24. The van der Waals surface area contributed by atoms with Gasteiger partial charge in [0, 0.05) is 5.56 Å². The highest BCUT2D eigenvalue weighted by Crippen LogP contribution is 2.12. The van der Waals surface area contributed by atoms with Gasteiger partial charge in [-0.15, -0.1) is 0 Å². The molecule has 0 bridgehead atoms. The Kier molecular flexibility index (Phi) is 4.83. The number of halogens is 1. The van der Waals surface area contributed by atoms with Crippen LogP contribution in [0.2, 0.25) is 0 Å². The molecule has 0 aliphatic heterocycles. The first-order valence-corrected chi connectivity index (χ1v) is 5.65. The molecule has 0 amide bonds. The van der Waals surface area contributed by atoms with E-state index in [1.807, 2.05) is 6.92 Å². The number of benzene rings is 1. The van der Waals surface area contributed by atoms with E-state index >= 15 is 0 Å². The third kappa shape index (κ3) is 3.54. The molecular weight excluding hydrogens is 225 g/mol. The highest BCUT2D eigenvalue weighted by Gasteiger charge is 2.07. The van der Waals surface area contributed by atoms with Gasteiger partial charge in [-0.2, -0.15) is 0 Å². The number of hydrogen-bond donors (Lipinski definition) is 1. The maximum Gasteiger partial charge on any atom is 0.133 e. The molecular formula is C12H16FNOS. The molecule has 2 N–H and O–H groups in total. The first-order chi connectivity index (χ1) is 7.54. The van der Waals surface area contributed by atoms with Gasteiger partial charge in [-0.25, -0.2) is 4.39 Å². The minimum Gasteiger partial charge on any atom is -0.389 e. The lowest BCUT2D eigenvalue weighted by molar-refractivity contribution is 0.0508. The van der Waals surface area contributed by atoms with Crippen molar-refractivity contribution in [2.24, 2.45) is 5.73 Å². The van der Waals surface area contributed by atoms with Crippen molar-refractivity contribution in [3.63, 3.8) is 0 Å². The van der Waals surface area contributed by atoms with Crippen LogP contribution in [-0.4, -0.2) is 11.1 Å². The Labute approximate surface area is 101 Å². The second-order valence-electron chi connectivity index (χ2n) is 3.71. The standard InChI is InChI=1S/C12H16FNOS/c1-3-8(2)15-7-9-4-5-11(13)10(6-9)12(14)16/h4-6,8H,3,7H2,1-2H3,(H2,14,16). The smallest absolute Gasteiger partial charge is 0.133 e. The van der Waals surface area contributed by atoms with Crippen LogP contribution in [0.4, 0.5) is 4.39 Å². The van der Waals surface area contributed by atoms with Gasteiger partial charge in [0.1, 0.15) is 10.8 Å². The molecule has 0 saturated heterocycles. The minimum absolute atomic E-state index is 0.0721. The Hall–Kier alpha value is -1.00. The lowest BCUT2D eigenvalue weighted by atomic mass is 10.1. The van der Waals surface area contributed by atoms with E-state index in [9.17, 15) is 4.39 Å². The zero-order valence-electron chi connectivity index (χ0n) is 9.50. The summed E-state index contributed by atoms with van der Waals surface area (Å²) in [4.78, 5) is 0.0721. The van der Waals surface area contributed by atoms with Crippen LogP contribution in [0.25, 0.3) is 0 Å². The average molecular weight is 241 g/mol. The zero-order chi connectivity index (χ0) is 12.1. The summed E-state index contributed by atoms with van der Waals surface area (Å²) < 4.78 is 18.8. The number of hydrogen-bond acceptors (Lipinski definition) is 2. The van der Waals surface area contributed by atoms with Crippen molar-refractivity contribution in [3.05, 3.63) is 35.1 Å². The summed E-state index contributed by atoms with van der Waals surface area (Å²) in [6.45, 7) is 4.50. The predicted octanol–water partition coefficient (Wildman–Crippen LogP) is 2.78. The van der Waals surface area contributed by atoms with Crippen LogP contribution in [0.1, 0.15) is 31.4 Å². The highest BCUT2D eigenvalue weighted by atomic mass is 32.1. The van der Waals surface area contributed by atoms with Gasteiger partial charge in [0.25, 0.3) is 0 Å². The fraction of sp³-hybridized carbons (Fsp3) is 0.417. The Morgan fingerprint density at radius 1 is 1.56 bits per heavy atom. The topological polar surface area (TPSA) is 35.2 Å². The number of nitrogens with two attached hydrogens (primary N) is 1. The Morgan fingerprint density at radius 2 is 2.25 bits per heavy atom. The van der Waals surface area contributed by atoms with Crippen molar-refractivity contribution >= 4 is 17.2 Å². The first kappa shape index (κ1) is 13.1. The fourth-order valence-electron chi connectivity index (χ4n) is 1.21. The Balaban J connectivity index is 2.75. The van der Waals surface area contributed by atoms with Crippen LogP contribution in [0.15, 0.2) is 18.2 Å². The molecule has 2 nitrogen and oxygen atoms in total. The van der Waals surface area contributed by atoms with Crippen molar-refractivity contribution in [2.45, 2.75) is 33.0 Å².